The Morgan fingerprint density at radius 1 is 1.28 bits per heavy atom. The minimum absolute atomic E-state index is 0.0355. The molecule has 3 rings (SSSR count). The standard InChI is InChI=1S/C19H27N5O/c1-15-5-4-6-16(13-15)14-24-11-8-19(9-12-24,18(25)20-2)21-17-7-10-23(3)22-17/h4-7,10,13H,8-9,11-12,14H2,1-3H3,(H,20,25)(H,21,22). The fraction of sp³-hybridized carbons (Fsp3) is 0.474. The van der Waals surface area contributed by atoms with Gasteiger partial charge in [0.25, 0.3) is 0 Å². The van der Waals surface area contributed by atoms with E-state index in [2.05, 4.69) is 51.8 Å². The lowest BCUT2D eigenvalue weighted by atomic mass is 9.86. The van der Waals surface area contributed by atoms with Crippen LogP contribution in [0.4, 0.5) is 5.82 Å². The third kappa shape index (κ3) is 4.02. The Bertz CT molecular complexity index is 731. The summed E-state index contributed by atoms with van der Waals surface area (Å²) in [6.45, 7) is 4.80. The van der Waals surface area contributed by atoms with Crippen LogP contribution in [0.15, 0.2) is 36.5 Å². The van der Waals surface area contributed by atoms with E-state index < -0.39 is 5.54 Å². The number of hydrogen-bond donors (Lipinski definition) is 2. The highest BCUT2D eigenvalue weighted by Gasteiger charge is 2.41. The van der Waals surface area contributed by atoms with Crippen molar-refractivity contribution in [2.75, 3.05) is 25.5 Å². The van der Waals surface area contributed by atoms with Crippen LogP contribution in [0.2, 0.25) is 0 Å². The number of hydrogen-bond acceptors (Lipinski definition) is 4. The molecular weight excluding hydrogens is 314 g/mol. The van der Waals surface area contributed by atoms with Crippen LogP contribution >= 0.6 is 0 Å². The minimum atomic E-state index is -0.591. The molecule has 0 bridgehead atoms. The normalized spacial score (nSPS) is 17.2. The second-order valence-corrected chi connectivity index (χ2v) is 6.93. The number of aromatic nitrogens is 2. The van der Waals surface area contributed by atoms with Gasteiger partial charge in [0.05, 0.1) is 0 Å². The quantitative estimate of drug-likeness (QED) is 0.872. The molecule has 0 unspecified atom stereocenters. The third-order valence-corrected chi connectivity index (χ3v) is 4.94. The molecule has 25 heavy (non-hydrogen) atoms. The van der Waals surface area contributed by atoms with Crippen LogP contribution in [-0.2, 0) is 18.4 Å². The molecule has 6 heteroatoms. The van der Waals surface area contributed by atoms with Gasteiger partial charge in [0.1, 0.15) is 11.4 Å². The molecule has 2 N–H and O–H groups in total. The zero-order valence-electron chi connectivity index (χ0n) is 15.2. The number of carbonyl (C=O) groups excluding carboxylic acids is 1. The molecule has 1 aliphatic rings. The topological polar surface area (TPSA) is 62.2 Å². The van der Waals surface area contributed by atoms with Gasteiger partial charge in [0.2, 0.25) is 5.91 Å². The first-order valence-electron chi connectivity index (χ1n) is 8.79. The number of aryl methyl sites for hydroxylation is 2. The summed E-state index contributed by atoms with van der Waals surface area (Å²) in [5, 5.41) is 10.6. The minimum Gasteiger partial charge on any atom is -0.357 e. The summed E-state index contributed by atoms with van der Waals surface area (Å²) < 4.78 is 1.74. The van der Waals surface area contributed by atoms with E-state index in [0.717, 1.165) is 38.3 Å². The number of likely N-dealkylation sites (N-methyl/N-ethyl adjacent to an activating group) is 1. The molecular formula is C19H27N5O. The van der Waals surface area contributed by atoms with Crippen molar-refractivity contribution in [2.24, 2.45) is 7.05 Å². The number of likely N-dealkylation sites (tertiary alicyclic amines) is 1. The van der Waals surface area contributed by atoms with Crippen molar-refractivity contribution in [3.8, 4) is 0 Å². The van der Waals surface area contributed by atoms with Crippen LogP contribution in [0.1, 0.15) is 24.0 Å². The van der Waals surface area contributed by atoms with Gasteiger partial charge >= 0.3 is 0 Å². The Kier molecular flexibility index (Phi) is 5.08. The highest BCUT2D eigenvalue weighted by molar-refractivity contribution is 5.89. The third-order valence-electron chi connectivity index (χ3n) is 4.94. The van der Waals surface area contributed by atoms with E-state index in [9.17, 15) is 4.79 Å². The molecule has 0 spiro atoms. The lowest BCUT2D eigenvalue weighted by molar-refractivity contribution is -0.126. The van der Waals surface area contributed by atoms with E-state index in [1.807, 2.05) is 19.3 Å². The maximum Gasteiger partial charge on any atom is 0.245 e. The molecule has 0 radical (unpaired) electrons. The highest BCUT2D eigenvalue weighted by atomic mass is 16.2. The first-order chi connectivity index (χ1) is 12.0. The summed E-state index contributed by atoms with van der Waals surface area (Å²) in [5.74, 6) is 0.784. The van der Waals surface area contributed by atoms with Crippen molar-refractivity contribution < 1.29 is 4.79 Å². The first kappa shape index (κ1) is 17.5. The predicted octanol–water partition coefficient (Wildman–Crippen LogP) is 1.92. The van der Waals surface area contributed by atoms with Crippen molar-refractivity contribution >= 4 is 11.7 Å². The van der Waals surface area contributed by atoms with Gasteiger partial charge in [-0.1, -0.05) is 29.8 Å². The Balaban J connectivity index is 1.68. The summed E-state index contributed by atoms with van der Waals surface area (Å²) in [7, 11) is 3.57. The van der Waals surface area contributed by atoms with Crippen molar-refractivity contribution in [2.45, 2.75) is 31.8 Å². The van der Waals surface area contributed by atoms with E-state index >= 15 is 0 Å². The van der Waals surface area contributed by atoms with Gasteiger partial charge in [0, 0.05) is 46.0 Å². The number of carbonyl (C=O) groups is 1. The fourth-order valence-corrected chi connectivity index (χ4v) is 3.54. The SMILES string of the molecule is CNC(=O)C1(Nc2ccn(C)n2)CCN(Cc2cccc(C)c2)CC1. The average Bonchev–Trinajstić information content (AvgIpc) is 3.01. The second kappa shape index (κ2) is 7.27. The molecule has 1 aliphatic heterocycles. The predicted molar refractivity (Wildman–Crippen MR) is 99.3 cm³/mol. The summed E-state index contributed by atoms with van der Waals surface area (Å²) in [6.07, 6.45) is 3.40. The van der Waals surface area contributed by atoms with Crippen LogP contribution in [-0.4, -0.2) is 46.3 Å². The van der Waals surface area contributed by atoms with E-state index in [1.54, 1.807) is 11.7 Å². The molecule has 2 aromatic rings. The number of benzene rings is 1. The first-order valence-corrected chi connectivity index (χ1v) is 8.79. The molecule has 0 atom stereocenters. The maximum absolute atomic E-state index is 12.6. The van der Waals surface area contributed by atoms with Gasteiger partial charge < -0.3 is 10.6 Å². The molecule has 0 saturated carbocycles. The number of amides is 1. The van der Waals surface area contributed by atoms with E-state index in [0.29, 0.717) is 0 Å². The van der Waals surface area contributed by atoms with Crippen LogP contribution in [0.25, 0.3) is 0 Å². The Labute approximate surface area is 149 Å². The molecule has 1 fully saturated rings. The van der Waals surface area contributed by atoms with Gasteiger partial charge in [-0.15, -0.1) is 0 Å². The molecule has 0 aliphatic carbocycles. The summed E-state index contributed by atoms with van der Waals surface area (Å²) in [5.41, 5.74) is 2.02. The molecule has 1 aromatic heterocycles. The van der Waals surface area contributed by atoms with Gasteiger partial charge in [0.15, 0.2) is 0 Å². The largest absolute Gasteiger partial charge is 0.357 e. The summed E-state index contributed by atoms with van der Waals surface area (Å²) in [6, 6.07) is 10.5. The van der Waals surface area contributed by atoms with Crippen LogP contribution < -0.4 is 10.6 Å². The van der Waals surface area contributed by atoms with Gasteiger partial charge in [-0.3, -0.25) is 14.4 Å². The van der Waals surface area contributed by atoms with Gasteiger partial charge in [-0.25, -0.2) is 0 Å². The van der Waals surface area contributed by atoms with E-state index in [1.165, 1.54) is 11.1 Å². The summed E-state index contributed by atoms with van der Waals surface area (Å²) in [4.78, 5) is 15.0. The molecule has 2 heterocycles. The number of nitrogens with zero attached hydrogens (tertiary/aromatic N) is 3. The average molecular weight is 341 g/mol. The van der Waals surface area contributed by atoms with Crippen molar-refractivity contribution in [3.63, 3.8) is 0 Å². The van der Waals surface area contributed by atoms with Gasteiger partial charge in [-0.2, -0.15) is 5.10 Å². The zero-order chi connectivity index (χ0) is 17.9. The molecule has 1 amide bonds. The highest BCUT2D eigenvalue weighted by Crippen LogP contribution is 2.27. The number of anilines is 1. The van der Waals surface area contributed by atoms with Gasteiger partial charge in [-0.05, 0) is 25.3 Å². The van der Waals surface area contributed by atoms with Crippen LogP contribution in [0.3, 0.4) is 0 Å². The lowest BCUT2D eigenvalue weighted by Crippen LogP contribution is -2.57. The molecule has 1 saturated heterocycles. The second-order valence-electron chi connectivity index (χ2n) is 6.93. The molecule has 6 nitrogen and oxygen atoms in total. The van der Waals surface area contributed by atoms with E-state index in [-0.39, 0.29) is 5.91 Å². The fourth-order valence-electron chi connectivity index (χ4n) is 3.54. The zero-order valence-corrected chi connectivity index (χ0v) is 15.2. The van der Waals surface area contributed by atoms with Crippen molar-refractivity contribution in [1.82, 2.24) is 20.0 Å². The van der Waals surface area contributed by atoms with E-state index in [4.69, 9.17) is 0 Å². The van der Waals surface area contributed by atoms with Crippen LogP contribution in [0.5, 0.6) is 0 Å². The van der Waals surface area contributed by atoms with Crippen LogP contribution in [0, 0.1) is 6.92 Å². The number of rotatable bonds is 5. The Morgan fingerprint density at radius 3 is 2.64 bits per heavy atom. The molecule has 1 aromatic carbocycles. The monoisotopic (exact) mass is 341 g/mol. The number of nitrogens with one attached hydrogen (secondary N) is 2. The van der Waals surface area contributed by atoms with Crippen molar-refractivity contribution in [3.05, 3.63) is 47.7 Å². The Morgan fingerprint density at radius 2 is 2.04 bits per heavy atom. The Hall–Kier alpha value is -2.34. The van der Waals surface area contributed by atoms with Crippen molar-refractivity contribution in [1.29, 1.82) is 0 Å². The smallest absolute Gasteiger partial charge is 0.245 e. The number of piperidine rings is 1. The molecule has 134 valence electrons. The lowest BCUT2D eigenvalue weighted by Gasteiger charge is -2.41. The summed E-state index contributed by atoms with van der Waals surface area (Å²) >= 11 is 0. The maximum atomic E-state index is 12.6.